The van der Waals surface area contributed by atoms with Crippen LogP contribution in [0.2, 0.25) is 0 Å². The predicted octanol–water partition coefficient (Wildman–Crippen LogP) is 3.12. The minimum absolute atomic E-state index is 1.04. The van der Waals surface area contributed by atoms with Crippen LogP contribution in [0.5, 0.6) is 0 Å². The van der Waals surface area contributed by atoms with E-state index in [1.807, 2.05) is 0 Å². The lowest BCUT2D eigenvalue weighted by Crippen LogP contribution is -2.43. The molecule has 2 aromatic carbocycles. The van der Waals surface area contributed by atoms with Crippen LogP contribution in [0, 0.1) is 0 Å². The maximum atomic E-state index is 3.43. The second-order valence-electron chi connectivity index (χ2n) is 6.48. The van der Waals surface area contributed by atoms with Crippen LogP contribution >= 0.6 is 0 Å². The van der Waals surface area contributed by atoms with Crippen LogP contribution in [0.1, 0.15) is 22.3 Å². The fourth-order valence-corrected chi connectivity index (χ4v) is 3.75. The summed E-state index contributed by atoms with van der Waals surface area (Å²) in [6, 6.07) is 17.9. The Labute approximate surface area is 138 Å². The van der Waals surface area contributed by atoms with Crippen molar-refractivity contribution in [3.63, 3.8) is 0 Å². The summed E-state index contributed by atoms with van der Waals surface area (Å²) in [4.78, 5) is 2.54. The summed E-state index contributed by atoms with van der Waals surface area (Å²) < 4.78 is 0. The SMILES string of the molecule is C(CN1CCNCC1)=C1c2ccccc2CCc2ccccc21. The van der Waals surface area contributed by atoms with Gasteiger partial charge in [0.1, 0.15) is 0 Å². The molecule has 1 heterocycles. The molecule has 1 fully saturated rings. The zero-order valence-corrected chi connectivity index (χ0v) is 13.6. The molecule has 0 amide bonds. The van der Waals surface area contributed by atoms with Crippen LogP contribution in [0.4, 0.5) is 0 Å². The van der Waals surface area contributed by atoms with Crippen LogP contribution in [0.25, 0.3) is 5.57 Å². The van der Waals surface area contributed by atoms with Crippen molar-refractivity contribution in [1.29, 1.82) is 0 Å². The molecule has 23 heavy (non-hydrogen) atoms. The van der Waals surface area contributed by atoms with Crippen LogP contribution in [0.15, 0.2) is 54.6 Å². The van der Waals surface area contributed by atoms with Crippen molar-refractivity contribution in [2.45, 2.75) is 12.8 Å². The summed E-state index contributed by atoms with van der Waals surface area (Å²) in [6.45, 7) is 5.55. The van der Waals surface area contributed by atoms with Crippen molar-refractivity contribution in [1.82, 2.24) is 10.2 Å². The van der Waals surface area contributed by atoms with Crippen molar-refractivity contribution in [2.75, 3.05) is 32.7 Å². The molecule has 0 radical (unpaired) electrons. The Balaban J connectivity index is 1.73. The summed E-state index contributed by atoms with van der Waals surface area (Å²) in [7, 11) is 0. The first-order valence-electron chi connectivity index (χ1n) is 8.71. The number of hydrogen-bond acceptors (Lipinski definition) is 2. The summed E-state index contributed by atoms with van der Waals surface area (Å²) >= 11 is 0. The van der Waals surface area contributed by atoms with Crippen molar-refractivity contribution in [3.05, 3.63) is 76.9 Å². The molecule has 0 atom stereocenters. The van der Waals surface area contributed by atoms with E-state index in [0.29, 0.717) is 0 Å². The third-order valence-corrected chi connectivity index (χ3v) is 5.04. The molecular weight excluding hydrogens is 280 g/mol. The molecule has 0 saturated carbocycles. The number of nitrogens with one attached hydrogen (secondary N) is 1. The molecule has 118 valence electrons. The molecule has 4 rings (SSSR count). The van der Waals surface area contributed by atoms with Gasteiger partial charge in [-0.1, -0.05) is 54.6 Å². The highest BCUT2D eigenvalue weighted by Crippen LogP contribution is 2.33. The lowest BCUT2D eigenvalue weighted by Gasteiger charge is -2.26. The molecule has 1 aliphatic heterocycles. The first kappa shape index (κ1) is 14.7. The Morgan fingerprint density at radius 2 is 1.39 bits per heavy atom. The summed E-state index contributed by atoms with van der Waals surface area (Å²) in [5.74, 6) is 0. The van der Waals surface area contributed by atoms with E-state index in [1.54, 1.807) is 0 Å². The number of fused-ring (bicyclic) bond motifs is 2. The van der Waals surface area contributed by atoms with Crippen LogP contribution in [-0.2, 0) is 12.8 Å². The Bertz CT molecular complexity index is 662. The van der Waals surface area contributed by atoms with E-state index < -0.39 is 0 Å². The number of nitrogens with zero attached hydrogens (tertiary/aromatic N) is 1. The highest BCUT2D eigenvalue weighted by molar-refractivity contribution is 5.84. The number of hydrogen-bond donors (Lipinski definition) is 1. The van der Waals surface area contributed by atoms with Crippen molar-refractivity contribution >= 4 is 5.57 Å². The second kappa shape index (κ2) is 6.69. The average molecular weight is 304 g/mol. The molecule has 1 saturated heterocycles. The largest absolute Gasteiger partial charge is 0.314 e. The lowest BCUT2D eigenvalue weighted by atomic mass is 9.93. The highest BCUT2D eigenvalue weighted by Gasteiger charge is 2.17. The summed E-state index contributed by atoms with van der Waals surface area (Å²) in [5.41, 5.74) is 7.23. The minimum Gasteiger partial charge on any atom is -0.314 e. The van der Waals surface area contributed by atoms with E-state index >= 15 is 0 Å². The molecule has 1 aliphatic carbocycles. The van der Waals surface area contributed by atoms with E-state index in [-0.39, 0.29) is 0 Å². The van der Waals surface area contributed by atoms with E-state index in [2.05, 4.69) is 64.8 Å². The molecule has 0 aromatic heterocycles. The van der Waals surface area contributed by atoms with Gasteiger partial charge in [-0.2, -0.15) is 0 Å². The molecule has 0 unspecified atom stereocenters. The van der Waals surface area contributed by atoms with Crippen LogP contribution in [-0.4, -0.2) is 37.6 Å². The Kier molecular flexibility index (Phi) is 4.27. The summed E-state index contributed by atoms with van der Waals surface area (Å²) in [5, 5.41) is 3.43. The number of aryl methyl sites for hydroxylation is 2. The number of piperazine rings is 1. The van der Waals surface area contributed by atoms with Gasteiger partial charge in [-0.05, 0) is 40.7 Å². The smallest absolute Gasteiger partial charge is 0.0173 e. The zero-order valence-electron chi connectivity index (χ0n) is 13.6. The Morgan fingerprint density at radius 3 is 2.00 bits per heavy atom. The normalized spacial score (nSPS) is 18.0. The second-order valence-corrected chi connectivity index (χ2v) is 6.48. The first-order valence-corrected chi connectivity index (χ1v) is 8.71. The predicted molar refractivity (Wildman–Crippen MR) is 96.7 cm³/mol. The van der Waals surface area contributed by atoms with Gasteiger partial charge in [-0.15, -0.1) is 0 Å². The third-order valence-electron chi connectivity index (χ3n) is 5.04. The van der Waals surface area contributed by atoms with E-state index in [1.165, 1.54) is 27.8 Å². The molecule has 0 spiro atoms. The van der Waals surface area contributed by atoms with Crippen LogP contribution < -0.4 is 5.32 Å². The molecule has 2 aromatic rings. The van der Waals surface area contributed by atoms with Gasteiger partial charge < -0.3 is 5.32 Å². The van der Waals surface area contributed by atoms with Crippen LogP contribution in [0.3, 0.4) is 0 Å². The third kappa shape index (κ3) is 3.10. The van der Waals surface area contributed by atoms with Gasteiger partial charge in [0.05, 0.1) is 0 Å². The number of benzene rings is 2. The minimum atomic E-state index is 1.04. The van der Waals surface area contributed by atoms with Crippen molar-refractivity contribution in [2.24, 2.45) is 0 Å². The van der Waals surface area contributed by atoms with Gasteiger partial charge in [0.15, 0.2) is 0 Å². The Hall–Kier alpha value is -1.90. The fourth-order valence-electron chi connectivity index (χ4n) is 3.75. The monoisotopic (exact) mass is 304 g/mol. The average Bonchev–Trinajstić information content (AvgIpc) is 2.78. The standard InChI is InChI=1S/C21H24N2/c1-3-7-19-17(5-1)9-10-18-6-2-4-8-20(18)21(19)11-14-23-15-12-22-13-16-23/h1-8,11,22H,9-10,12-16H2. The molecular formula is C21H24N2. The molecule has 1 N–H and O–H groups in total. The molecule has 0 bridgehead atoms. The topological polar surface area (TPSA) is 15.3 Å². The van der Waals surface area contributed by atoms with Gasteiger partial charge in [-0.3, -0.25) is 4.90 Å². The highest BCUT2D eigenvalue weighted by atomic mass is 15.2. The van der Waals surface area contributed by atoms with Crippen molar-refractivity contribution in [3.8, 4) is 0 Å². The maximum Gasteiger partial charge on any atom is 0.0173 e. The van der Waals surface area contributed by atoms with Gasteiger partial charge in [0.2, 0.25) is 0 Å². The van der Waals surface area contributed by atoms with Gasteiger partial charge in [0, 0.05) is 32.7 Å². The quantitative estimate of drug-likeness (QED) is 0.917. The van der Waals surface area contributed by atoms with E-state index in [4.69, 9.17) is 0 Å². The zero-order chi connectivity index (χ0) is 15.5. The fraction of sp³-hybridized carbons (Fsp3) is 0.333. The summed E-state index contributed by atoms with van der Waals surface area (Å²) in [6.07, 6.45) is 4.73. The van der Waals surface area contributed by atoms with Gasteiger partial charge in [-0.25, -0.2) is 0 Å². The maximum absolute atomic E-state index is 3.43. The van der Waals surface area contributed by atoms with E-state index in [9.17, 15) is 0 Å². The number of rotatable bonds is 2. The molecule has 2 nitrogen and oxygen atoms in total. The molecule has 2 heteroatoms. The first-order chi connectivity index (χ1) is 11.4. The van der Waals surface area contributed by atoms with Gasteiger partial charge >= 0.3 is 0 Å². The molecule has 2 aliphatic rings. The van der Waals surface area contributed by atoms with Crippen molar-refractivity contribution < 1.29 is 0 Å². The Morgan fingerprint density at radius 1 is 0.826 bits per heavy atom. The van der Waals surface area contributed by atoms with E-state index in [0.717, 1.165) is 45.6 Å². The van der Waals surface area contributed by atoms with Gasteiger partial charge in [0.25, 0.3) is 0 Å². The lowest BCUT2D eigenvalue weighted by molar-refractivity contribution is 0.265.